The van der Waals surface area contributed by atoms with E-state index in [4.69, 9.17) is 11.6 Å². The van der Waals surface area contributed by atoms with Crippen molar-refractivity contribution in [2.24, 2.45) is 0 Å². The second kappa shape index (κ2) is 6.20. The molecule has 0 aliphatic rings. The van der Waals surface area contributed by atoms with Crippen LogP contribution in [0.15, 0.2) is 39.5 Å². The summed E-state index contributed by atoms with van der Waals surface area (Å²) in [5.41, 5.74) is 2.45. The van der Waals surface area contributed by atoms with Crippen molar-refractivity contribution in [2.75, 3.05) is 0 Å². The van der Waals surface area contributed by atoms with Crippen molar-refractivity contribution in [3.8, 4) is 0 Å². The van der Waals surface area contributed by atoms with Gasteiger partial charge in [-0.3, -0.25) is 0 Å². The van der Waals surface area contributed by atoms with E-state index in [9.17, 15) is 0 Å². The number of nitrogens with one attached hydrogen (secondary N) is 1. The largest absolute Gasteiger partial charge is 0.304 e. The highest BCUT2D eigenvalue weighted by molar-refractivity contribution is 9.10. The Morgan fingerprint density at radius 3 is 2.61 bits per heavy atom. The lowest BCUT2D eigenvalue weighted by molar-refractivity contribution is 0.495. The van der Waals surface area contributed by atoms with Crippen LogP contribution in [0.5, 0.6) is 0 Å². The highest BCUT2D eigenvalue weighted by atomic mass is 79.9. The maximum absolute atomic E-state index is 6.26. The molecule has 0 radical (unpaired) electrons. The molecule has 2 unspecified atom stereocenters. The van der Waals surface area contributed by atoms with Crippen LogP contribution in [-0.4, -0.2) is 0 Å². The summed E-state index contributed by atoms with van der Waals surface area (Å²) >= 11 is 11.4. The van der Waals surface area contributed by atoms with Crippen LogP contribution in [0.2, 0.25) is 5.02 Å². The van der Waals surface area contributed by atoms with Gasteiger partial charge in [0.15, 0.2) is 0 Å². The van der Waals surface area contributed by atoms with Crippen molar-refractivity contribution in [3.63, 3.8) is 0 Å². The molecule has 0 aliphatic heterocycles. The summed E-state index contributed by atoms with van der Waals surface area (Å²) in [7, 11) is 0. The molecule has 0 aliphatic carbocycles. The third kappa shape index (κ3) is 3.35. The molecule has 1 heterocycles. The van der Waals surface area contributed by atoms with E-state index in [1.807, 2.05) is 12.1 Å². The highest BCUT2D eigenvalue weighted by Crippen LogP contribution is 2.28. The van der Waals surface area contributed by atoms with Gasteiger partial charge in [-0.25, -0.2) is 0 Å². The first-order chi connectivity index (χ1) is 8.58. The molecule has 2 aromatic rings. The van der Waals surface area contributed by atoms with Gasteiger partial charge in [0.1, 0.15) is 0 Å². The SMILES string of the molecule is CC(NC(C)c1ccc(Br)cc1Cl)c1ccsc1. The van der Waals surface area contributed by atoms with Crippen LogP contribution in [-0.2, 0) is 0 Å². The second-order valence-corrected chi connectivity index (χ2v) is 6.44. The molecular weight excluding hydrogens is 330 g/mol. The average molecular weight is 345 g/mol. The van der Waals surface area contributed by atoms with Crippen molar-refractivity contribution >= 4 is 38.9 Å². The lowest BCUT2D eigenvalue weighted by Gasteiger charge is -2.20. The molecule has 2 atom stereocenters. The molecule has 0 saturated heterocycles. The fourth-order valence-corrected chi connectivity index (χ4v) is 3.53. The molecule has 0 bridgehead atoms. The third-order valence-electron chi connectivity index (χ3n) is 2.97. The molecule has 2 rings (SSSR count). The van der Waals surface area contributed by atoms with Gasteiger partial charge in [-0.1, -0.05) is 33.6 Å². The van der Waals surface area contributed by atoms with Gasteiger partial charge in [0, 0.05) is 21.6 Å². The number of benzene rings is 1. The Balaban J connectivity index is 2.10. The first kappa shape index (κ1) is 14.1. The van der Waals surface area contributed by atoms with Crippen LogP contribution in [0.1, 0.15) is 37.1 Å². The predicted octanol–water partition coefficient (Wildman–Crippen LogP) is 5.58. The number of rotatable bonds is 4. The minimum absolute atomic E-state index is 0.223. The molecule has 1 N–H and O–H groups in total. The number of halogens is 2. The smallest absolute Gasteiger partial charge is 0.0464 e. The van der Waals surface area contributed by atoms with Crippen LogP contribution < -0.4 is 5.32 Å². The van der Waals surface area contributed by atoms with E-state index < -0.39 is 0 Å². The molecular formula is C14H15BrClNS. The van der Waals surface area contributed by atoms with E-state index in [0.29, 0.717) is 6.04 Å². The minimum Gasteiger partial charge on any atom is -0.304 e. The fourth-order valence-electron chi connectivity index (χ4n) is 1.94. The summed E-state index contributed by atoms with van der Waals surface area (Å²) in [6.45, 7) is 4.31. The van der Waals surface area contributed by atoms with Crippen LogP contribution in [0.4, 0.5) is 0 Å². The van der Waals surface area contributed by atoms with Gasteiger partial charge < -0.3 is 5.32 Å². The van der Waals surface area contributed by atoms with Crippen molar-refractivity contribution in [3.05, 3.63) is 55.6 Å². The summed E-state index contributed by atoms with van der Waals surface area (Å²) in [6, 6.07) is 8.72. The Kier molecular flexibility index (Phi) is 4.84. The normalized spacial score (nSPS) is 14.4. The summed E-state index contributed by atoms with van der Waals surface area (Å²) in [5.74, 6) is 0. The molecule has 96 valence electrons. The molecule has 0 spiro atoms. The maximum atomic E-state index is 6.26. The first-order valence-electron chi connectivity index (χ1n) is 5.81. The minimum atomic E-state index is 0.223. The van der Waals surface area contributed by atoms with Gasteiger partial charge in [-0.05, 0) is 53.9 Å². The molecule has 0 saturated carbocycles. The lowest BCUT2D eigenvalue weighted by Crippen LogP contribution is -2.22. The van der Waals surface area contributed by atoms with Crippen molar-refractivity contribution in [2.45, 2.75) is 25.9 Å². The predicted molar refractivity (Wildman–Crippen MR) is 83.4 cm³/mol. The summed E-state index contributed by atoms with van der Waals surface area (Å²) in [6.07, 6.45) is 0. The first-order valence-corrected chi connectivity index (χ1v) is 7.92. The average Bonchev–Trinajstić information content (AvgIpc) is 2.81. The van der Waals surface area contributed by atoms with E-state index in [-0.39, 0.29) is 6.04 Å². The molecule has 0 fully saturated rings. The van der Waals surface area contributed by atoms with E-state index in [0.717, 1.165) is 15.1 Å². The van der Waals surface area contributed by atoms with E-state index >= 15 is 0 Å². The fraction of sp³-hybridized carbons (Fsp3) is 0.286. The maximum Gasteiger partial charge on any atom is 0.0464 e. The van der Waals surface area contributed by atoms with Crippen LogP contribution >= 0.6 is 38.9 Å². The van der Waals surface area contributed by atoms with E-state index in [1.165, 1.54) is 5.56 Å². The van der Waals surface area contributed by atoms with E-state index in [1.54, 1.807) is 11.3 Å². The monoisotopic (exact) mass is 343 g/mol. The van der Waals surface area contributed by atoms with Gasteiger partial charge in [0.05, 0.1) is 0 Å². The molecule has 18 heavy (non-hydrogen) atoms. The van der Waals surface area contributed by atoms with Gasteiger partial charge in [-0.15, -0.1) is 0 Å². The number of thiophene rings is 1. The van der Waals surface area contributed by atoms with E-state index in [2.05, 4.69) is 58.0 Å². The molecule has 4 heteroatoms. The number of hydrogen-bond acceptors (Lipinski definition) is 2. The summed E-state index contributed by atoms with van der Waals surface area (Å²) in [5, 5.41) is 8.64. The lowest BCUT2D eigenvalue weighted by atomic mass is 10.1. The van der Waals surface area contributed by atoms with Crippen molar-refractivity contribution < 1.29 is 0 Å². The summed E-state index contributed by atoms with van der Waals surface area (Å²) < 4.78 is 1.01. The Morgan fingerprint density at radius 2 is 2.00 bits per heavy atom. The molecule has 0 amide bonds. The Hall–Kier alpha value is -0.350. The van der Waals surface area contributed by atoms with Gasteiger partial charge in [0.2, 0.25) is 0 Å². The zero-order valence-corrected chi connectivity index (χ0v) is 13.4. The molecule has 1 nitrogen and oxygen atoms in total. The molecule has 1 aromatic heterocycles. The van der Waals surface area contributed by atoms with Gasteiger partial charge in [-0.2, -0.15) is 11.3 Å². The van der Waals surface area contributed by atoms with Crippen LogP contribution in [0.3, 0.4) is 0 Å². The van der Waals surface area contributed by atoms with Gasteiger partial charge in [0.25, 0.3) is 0 Å². The topological polar surface area (TPSA) is 12.0 Å². The number of hydrogen-bond donors (Lipinski definition) is 1. The second-order valence-electron chi connectivity index (χ2n) is 4.33. The third-order valence-corrected chi connectivity index (χ3v) is 4.49. The van der Waals surface area contributed by atoms with Crippen molar-refractivity contribution in [1.29, 1.82) is 0 Å². The quantitative estimate of drug-likeness (QED) is 0.764. The Labute approximate surface area is 125 Å². The zero-order chi connectivity index (χ0) is 13.1. The highest BCUT2D eigenvalue weighted by Gasteiger charge is 2.13. The standard InChI is InChI=1S/C14H15BrClNS/c1-9(11-5-6-18-8-11)17-10(2)13-4-3-12(15)7-14(13)16/h3-10,17H,1-2H3. The van der Waals surface area contributed by atoms with Gasteiger partial charge >= 0.3 is 0 Å². The van der Waals surface area contributed by atoms with Crippen LogP contribution in [0, 0.1) is 0 Å². The molecule has 1 aromatic carbocycles. The zero-order valence-electron chi connectivity index (χ0n) is 10.3. The Morgan fingerprint density at radius 1 is 1.22 bits per heavy atom. The Bertz CT molecular complexity index is 513. The summed E-state index contributed by atoms with van der Waals surface area (Å²) in [4.78, 5) is 0. The van der Waals surface area contributed by atoms with Crippen molar-refractivity contribution in [1.82, 2.24) is 5.32 Å². The van der Waals surface area contributed by atoms with Crippen LogP contribution in [0.25, 0.3) is 0 Å².